The molecule has 0 bridgehead atoms. The molecule has 164 valence electrons. The fourth-order valence-corrected chi connectivity index (χ4v) is 4.52. The van der Waals surface area contributed by atoms with Crippen molar-refractivity contribution in [1.29, 1.82) is 0 Å². The van der Waals surface area contributed by atoms with Gasteiger partial charge in [0.15, 0.2) is 0 Å². The van der Waals surface area contributed by atoms with Crippen LogP contribution in [0.3, 0.4) is 0 Å². The van der Waals surface area contributed by atoms with E-state index in [-0.39, 0.29) is 22.9 Å². The molecule has 0 aliphatic carbocycles. The number of hydrogen-bond acceptors (Lipinski definition) is 3. The Morgan fingerprint density at radius 2 is 1.72 bits per heavy atom. The lowest BCUT2D eigenvalue weighted by Crippen LogP contribution is -2.28. The molecule has 4 nitrogen and oxygen atoms in total. The van der Waals surface area contributed by atoms with Crippen molar-refractivity contribution in [3.63, 3.8) is 0 Å². The van der Waals surface area contributed by atoms with Crippen molar-refractivity contribution in [2.24, 2.45) is 0 Å². The minimum atomic E-state index is -4.48. The largest absolute Gasteiger partial charge is 0.416 e. The molecule has 1 heterocycles. The molecule has 1 unspecified atom stereocenters. The van der Waals surface area contributed by atoms with Gasteiger partial charge < -0.3 is 5.32 Å². The third-order valence-electron chi connectivity index (χ3n) is 4.88. The second kappa shape index (κ2) is 8.66. The van der Waals surface area contributed by atoms with Gasteiger partial charge in [0.2, 0.25) is 5.91 Å². The van der Waals surface area contributed by atoms with Crippen molar-refractivity contribution in [2.75, 3.05) is 16.0 Å². The van der Waals surface area contributed by atoms with Crippen LogP contribution in [0, 0.1) is 5.82 Å². The van der Waals surface area contributed by atoms with E-state index in [4.69, 9.17) is 0 Å². The van der Waals surface area contributed by atoms with Crippen LogP contribution >= 0.6 is 11.8 Å². The maximum Gasteiger partial charge on any atom is 0.416 e. The molecule has 1 aliphatic heterocycles. The van der Waals surface area contributed by atoms with E-state index in [0.29, 0.717) is 11.3 Å². The molecule has 0 radical (unpaired) electrons. The Morgan fingerprint density at radius 1 is 1.00 bits per heavy atom. The van der Waals surface area contributed by atoms with Gasteiger partial charge in [0, 0.05) is 11.3 Å². The fourth-order valence-electron chi connectivity index (χ4n) is 3.36. The number of carbonyl (C=O) groups is 2. The first kappa shape index (κ1) is 21.9. The highest BCUT2D eigenvalue weighted by atomic mass is 32.2. The van der Waals surface area contributed by atoms with Crippen molar-refractivity contribution < 1.29 is 27.2 Å². The number of para-hydroxylation sites is 1. The molecule has 1 N–H and O–H groups in total. The van der Waals surface area contributed by atoms with Crippen LogP contribution in [0.15, 0.2) is 72.8 Å². The van der Waals surface area contributed by atoms with E-state index in [1.807, 2.05) is 0 Å². The number of benzene rings is 3. The van der Waals surface area contributed by atoms with E-state index in [0.717, 1.165) is 24.3 Å². The number of hydrogen-bond donors (Lipinski definition) is 1. The van der Waals surface area contributed by atoms with Gasteiger partial charge in [-0.05, 0) is 54.1 Å². The number of amides is 2. The molecule has 1 fully saturated rings. The van der Waals surface area contributed by atoms with Gasteiger partial charge in [0.05, 0.1) is 17.0 Å². The summed E-state index contributed by atoms with van der Waals surface area (Å²) in [6.45, 7) is 0. The minimum absolute atomic E-state index is 0.0711. The van der Waals surface area contributed by atoms with Gasteiger partial charge in [-0.2, -0.15) is 13.2 Å². The second-order valence-electron chi connectivity index (χ2n) is 7.03. The van der Waals surface area contributed by atoms with Crippen LogP contribution in [-0.4, -0.2) is 17.6 Å². The van der Waals surface area contributed by atoms with Crippen LogP contribution in [0.5, 0.6) is 0 Å². The smallest absolute Gasteiger partial charge is 0.322 e. The van der Waals surface area contributed by atoms with Gasteiger partial charge in [-0.15, -0.1) is 11.8 Å². The van der Waals surface area contributed by atoms with Gasteiger partial charge in [-0.1, -0.05) is 24.3 Å². The summed E-state index contributed by atoms with van der Waals surface area (Å²) in [6.07, 6.45) is -4.48. The lowest BCUT2D eigenvalue weighted by atomic mass is 10.1. The Morgan fingerprint density at radius 3 is 2.41 bits per heavy atom. The lowest BCUT2D eigenvalue weighted by molar-refractivity contribution is -0.137. The first-order chi connectivity index (χ1) is 15.2. The first-order valence-corrected chi connectivity index (χ1v) is 10.6. The minimum Gasteiger partial charge on any atom is -0.322 e. The standard InChI is InChI=1S/C23H16F4N2O2S/c24-18-6-1-2-7-19(18)29-20(30)13-32-22(29)15-4-3-5-17(12-15)28-21(31)14-8-10-16(11-9-14)23(25,26)27/h1-12,22H,13H2,(H,28,31). The van der Waals surface area contributed by atoms with Crippen LogP contribution in [0.2, 0.25) is 0 Å². The number of carbonyl (C=O) groups excluding carboxylic acids is 2. The molecule has 32 heavy (non-hydrogen) atoms. The zero-order chi connectivity index (χ0) is 22.9. The molecular weight excluding hydrogens is 444 g/mol. The molecule has 0 spiro atoms. The monoisotopic (exact) mass is 460 g/mol. The van der Waals surface area contributed by atoms with E-state index in [1.54, 1.807) is 36.4 Å². The van der Waals surface area contributed by atoms with Crippen molar-refractivity contribution in [3.05, 3.63) is 95.3 Å². The number of halogens is 4. The maximum atomic E-state index is 14.3. The third-order valence-corrected chi connectivity index (χ3v) is 6.10. The Hall–Kier alpha value is -3.33. The third kappa shape index (κ3) is 4.47. The van der Waals surface area contributed by atoms with Gasteiger partial charge in [-0.3, -0.25) is 14.5 Å². The number of nitrogens with one attached hydrogen (secondary N) is 1. The zero-order valence-corrected chi connectivity index (χ0v) is 17.2. The van der Waals surface area contributed by atoms with Crippen LogP contribution in [0.1, 0.15) is 26.9 Å². The molecule has 4 rings (SSSR count). The average Bonchev–Trinajstić information content (AvgIpc) is 3.15. The van der Waals surface area contributed by atoms with Gasteiger partial charge >= 0.3 is 6.18 Å². The van der Waals surface area contributed by atoms with Gasteiger partial charge in [0.25, 0.3) is 5.91 Å². The van der Waals surface area contributed by atoms with Crippen LogP contribution in [0.4, 0.5) is 28.9 Å². The van der Waals surface area contributed by atoms with Crippen LogP contribution in [-0.2, 0) is 11.0 Å². The van der Waals surface area contributed by atoms with Crippen LogP contribution in [0.25, 0.3) is 0 Å². The summed E-state index contributed by atoms with van der Waals surface area (Å²) in [5.74, 6) is -1.14. The number of anilines is 2. The highest BCUT2D eigenvalue weighted by Crippen LogP contribution is 2.43. The van der Waals surface area contributed by atoms with Gasteiger partial charge in [0.1, 0.15) is 11.2 Å². The van der Waals surface area contributed by atoms with E-state index >= 15 is 0 Å². The van der Waals surface area contributed by atoms with Crippen molar-refractivity contribution in [1.82, 2.24) is 0 Å². The SMILES string of the molecule is O=C(Nc1cccc(C2SCC(=O)N2c2ccccc2F)c1)c1ccc(C(F)(F)F)cc1. The fraction of sp³-hybridized carbons (Fsp3) is 0.130. The Labute approximate surface area is 185 Å². The van der Waals surface area contributed by atoms with Gasteiger partial charge in [-0.25, -0.2) is 4.39 Å². The second-order valence-corrected chi connectivity index (χ2v) is 8.10. The molecule has 0 saturated carbocycles. The summed E-state index contributed by atoms with van der Waals surface area (Å²) in [5.41, 5.74) is 0.482. The predicted molar refractivity (Wildman–Crippen MR) is 115 cm³/mol. The number of rotatable bonds is 4. The normalized spacial score (nSPS) is 16.3. The average molecular weight is 460 g/mol. The quantitative estimate of drug-likeness (QED) is 0.495. The summed E-state index contributed by atoms with van der Waals surface area (Å²) in [5, 5.41) is 2.17. The van der Waals surface area contributed by atoms with Crippen molar-refractivity contribution in [2.45, 2.75) is 11.6 Å². The topological polar surface area (TPSA) is 49.4 Å². The zero-order valence-electron chi connectivity index (χ0n) is 16.4. The molecule has 9 heteroatoms. The molecular formula is C23H16F4N2O2S. The molecule has 1 aliphatic rings. The molecule has 3 aromatic rings. The van der Waals surface area contributed by atoms with E-state index < -0.39 is 28.8 Å². The Balaban J connectivity index is 1.55. The van der Waals surface area contributed by atoms with Crippen molar-refractivity contribution in [3.8, 4) is 0 Å². The lowest BCUT2D eigenvalue weighted by Gasteiger charge is -2.25. The maximum absolute atomic E-state index is 14.3. The van der Waals surface area contributed by atoms with E-state index in [2.05, 4.69) is 5.32 Å². The summed E-state index contributed by atoms with van der Waals surface area (Å²) in [4.78, 5) is 26.3. The summed E-state index contributed by atoms with van der Waals surface area (Å²) >= 11 is 1.33. The van der Waals surface area contributed by atoms with Crippen molar-refractivity contribution >= 4 is 35.0 Å². The van der Waals surface area contributed by atoms with E-state index in [1.165, 1.54) is 28.8 Å². The summed E-state index contributed by atoms with van der Waals surface area (Å²) < 4.78 is 52.5. The highest BCUT2D eigenvalue weighted by molar-refractivity contribution is 8.00. The Bertz CT molecular complexity index is 1170. The molecule has 1 atom stereocenters. The first-order valence-electron chi connectivity index (χ1n) is 9.51. The molecule has 2 amide bonds. The number of thioether (sulfide) groups is 1. The predicted octanol–water partition coefficient (Wildman–Crippen LogP) is 5.88. The molecule has 3 aromatic carbocycles. The Kier molecular flexibility index (Phi) is 5.92. The highest BCUT2D eigenvalue weighted by Gasteiger charge is 2.35. The molecule has 0 aromatic heterocycles. The number of nitrogens with zero attached hydrogens (tertiary/aromatic N) is 1. The summed E-state index contributed by atoms with van der Waals surface area (Å²) in [7, 11) is 0. The molecule has 1 saturated heterocycles. The van der Waals surface area contributed by atoms with E-state index in [9.17, 15) is 27.2 Å². The van der Waals surface area contributed by atoms with Crippen LogP contribution < -0.4 is 10.2 Å². The number of alkyl halides is 3. The summed E-state index contributed by atoms with van der Waals surface area (Å²) in [6, 6.07) is 16.6.